The molecule has 2 aromatic heterocycles. The van der Waals surface area contributed by atoms with Crippen LogP contribution in [0.4, 0.5) is 0 Å². The van der Waals surface area contributed by atoms with Crippen molar-refractivity contribution in [3.8, 4) is 0 Å². The van der Waals surface area contributed by atoms with E-state index in [4.69, 9.17) is 11.5 Å². The molecular weight excluding hydrogens is 520 g/mol. The lowest BCUT2D eigenvalue weighted by Gasteiger charge is -2.28. The van der Waals surface area contributed by atoms with E-state index in [1.807, 2.05) is 24.3 Å². The maximum Gasteiger partial charge on any atom is 0.326 e. The molecule has 0 bridgehead atoms. The highest BCUT2D eigenvalue weighted by Gasteiger charge is 2.39. The zero-order chi connectivity index (χ0) is 28.8. The van der Waals surface area contributed by atoms with Gasteiger partial charge in [-0.3, -0.25) is 19.2 Å². The molecule has 40 heavy (non-hydrogen) atoms. The fourth-order valence-corrected chi connectivity index (χ4v) is 4.90. The Kier molecular flexibility index (Phi) is 8.79. The number of nitrogens with one attached hydrogen (secondary N) is 4. The van der Waals surface area contributed by atoms with E-state index in [1.165, 1.54) is 12.5 Å². The topological polar surface area (TPSA) is 229 Å². The predicted octanol–water partition coefficient (Wildman–Crippen LogP) is -1.08. The molecule has 0 saturated carbocycles. The summed E-state index contributed by atoms with van der Waals surface area (Å²) >= 11 is 0. The highest BCUT2D eigenvalue weighted by Crippen LogP contribution is 2.20. The number of carbonyl (C=O) groups is 5. The van der Waals surface area contributed by atoms with Crippen molar-refractivity contribution in [3.63, 3.8) is 0 Å². The average Bonchev–Trinajstić information content (AvgIpc) is 3.69. The number of amides is 4. The molecule has 0 aliphatic carbocycles. The quantitative estimate of drug-likeness (QED) is 0.146. The van der Waals surface area contributed by atoms with Gasteiger partial charge in [0.2, 0.25) is 23.6 Å². The van der Waals surface area contributed by atoms with E-state index in [0.717, 1.165) is 21.4 Å². The number of carboxylic acids is 1. The summed E-state index contributed by atoms with van der Waals surface area (Å²) in [4.78, 5) is 74.1. The van der Waals surface area contributed by atoms with Gasteiger partial charge in [0.1, 0.15) is 18.1 Å². The van der Waals surface area contributed by atoms with Gasteiger partial charge in [0.15, 0.2) is 0 Å². The van der Waals surface area contributed by atoms with Crippen molar-refractivity contribution in [2.75, 3.05) is 6.54 Å². The molecule has 1 aliphatic heterocycles. The highest BCUT2D eigenvalue weighted by atomic mass is 16.4. The van der Waals surface area contributed by atoms with E-state index in [0.29, 0.717) is 12.1 Å². The summed E-state index contributed by atoms with van der Waals surface area (Å²) in [7, 11) is 0. The van der Waals surface area contributed by atoms with Gasteiger partial charge in [-0.2, -0.15) is 0 Å². The van der Waals surface area contributed by atoms with Gasteiger partial charge >= 0.3 is 5.97 Å². The Labute approximate surface area is 228 Å². The number of aromatic amines is 2. The monoisotopic (exact) mass is 552 g/mol. The lowest BCUT2D eigenvalue weighted by Crippen LogP contribution is -2.58. The minimum Gasteiger partial charge on any atom is -0.480 e. The number of rotatable bonds is 12. The summed E-state index contributed by atoms with van der Waals surface area (Å²) in [6.45, 7) is 0.165. The molecule has 9 N–H and O–H groups in total. The average molecular weight is 553 g/mol. The number of nitrogens with two attached hydrogens (primary N) is 2. The smallest absolute Gasteiger partial charge is 0.326 e. The van der Waals surface area contributed by atoms with Crippen LogP contribution < -0.4 is 22.1 Å². The van der Waals surface area contributed by atoms with Gasteiger partial charge < -0.3 is 42.1 Å². The first-order valence-electron chi connectivity index (χ1n) is 12.8. The van der Waals surface area contributed by atoms with Crippen LogP contribution in [-0.4, -0.2) is 85.3 Å². The first-order chi connectivity index (χ1) is 19.1. The SMILES string of the molecule is NC(=O)CC(NC(=O)C(Cc1cnc[nH]1)NC(=O)C(N)Cc1c[nH]c2ccccc12)C(=O)N1CCCC1C(=O)O. The molecule has 1 aromatic carbocycles. The molecule has 4 rings (SSSR count). The number of primary amides is 1. The van der Waals surface area contributed by atoms with Crippen LogP contribution in [0.2, 0.25) is 0 Å². The Balaban J connectivity index is 1.49. The van der Waals surface area contributed by atoms with Gasteiger partial charge in [0.25, 0.3) is 0 Å². The third-order valence-electron chi connectivity index (χ3n) is 6.90. The second kappa shape index (κ2) is 12.4. The fourth-order valence-electron chi connectivity index (χ4n) is 4.90. The second-order valence-corrected chi connectivity index (χ2v) is 9.77. The Morgan fingerprint density at radius 1 is 1.07 bits per heavy atom. The zero-order valence-electron chi connectivity index (χ0n) is 21.6. The first-order valence-corrected chi connectivity index (χ1v) is 12.8. The van der Waals surface area contributed by atoms with Crippen molar-refractivity contribution in [1.29, 1.82) is 0 Å². The molecule has 212 valence electrons. The molecule has 14 heteroatoms. The summed E-state index contributed by atoms with van der Waals surface area (Å²) in [6.07, 6.45) is 5.02. The van der Waals surface area contributed by atoms with Crippen LogP contribution in [0.1, 0.15) is 30.5 Å². The van der Waals surface area contributed by atoms with Crippen molar-refractivity contribution in [1.82, 2.24) is 30.5 Å². The number of H-pyrrole nitrogens is 2. The number of hydrogen-bond acceptors (Lipinski definition) is 7. The van der Waals surface area contributed by atoms with Crippen molar-refractivity contribution in [3.05, 3.63) is 54.2 Å². The molecule has 4 amide bonds. The number of aromatic nitrogens is 3. The first kappa shape index (κ1) is 28.3. The maximum atomic E-state index is 13.4. The zero-order valence-corrected chi connectivity index (χ0v) is 21.6. The number of hydrogen-bond donors (Lipinski definition) is 7. The van der Waals surface area contributed by atoms with Gasteiger partial charge in [-0.05, 0) is 30.9 Å². The van der Waals surface area contributed by atoms with Gasteiger partial charge in [0, 0.05) is 42.0 Å². The Morgan fingerprint density at radius 3 is 2.52 bits per heavy atom. The molecule has 0 spiro atoms. The summed E-state index contributed by atoms with van der Waals surface area (Å²) in [6, 6.07) is 2.90. The molecular formula is C26H32N8O6. The maximum absolute atomic E-state index is 13.4. The van der Waals surface area contributed by atoms with Crippen LogP contribution in [0.15, 0.2) is 43.0 Å². The number of carboxylic acid groups (broad SMARTS) is 1. The van der Waals surface area contributed by atoms with E-state index in [1.54, 1.807) is 6.20 Å². The molecule has 3 aromatic rings. The molecule has 1 aliphatic rings. The Bertz CT molecular complexity index is 1390. The van der Waals surface area contributed by atoms with Crippen molar-refractivity contribution in [2.45, 2.75) is 56.3 Å². The van der Waals surface area contributed by atoms with Gasteiger partial charge in [-0.1, -0.05) is 18.2 Å². The minimum absolute atomic E-state index is 0.0175. The van der Waals surface area contributed by atoms with Crippen molar-refractivity contribution < 1.29 is 29.1 Å². The lowest BCUT2D eigenvalue weighted by molar-refractivity contribution is -0.149. The van der Waals surface area contributed by atoms with E-state index < -0.39 is 60.2 Å². The molecule has 0 radical (unpaired) electrons. The molecule has 4 atom stereocenters. The largest absolute Gasteiger partial charge is 0.480 e. The summed E-state index contributed by atoms with van der Waals surface area (Å²) in [5.74, 6) is -4.15. The third-order valence-corrected chi connectivity index (χ3v) is 6.90. The summed E-state index contributed by atoms with van der Waals surface area (Å²) in [5.41, 5.74) is 13.8. The van der Waals surface area contributed by atoms with Crippen LogP contribution in [0.25, 0.3) is 10.9 Å². The number of fused-ring (bicyclic) bond motifs is 1. The van der Waals surface area contributed by atoms with Crippen LogP contribution in [0.5, 0.6) is 0 Å². The Hall–Kier alpha value is -4.72. The van der Waals surface area contributed by atoms with E-state index in [9.17, 15) is 29.1 Å². The van der Waals surface area contributed by atoms with Crippen molar-refractivity contribution >= 4 is 40.5 Å². The van der Waals surface area contributed by atoms with E-state index in [2.05, 4.69) is 25.6 Å². The number of imidazole rings is 1. The number of benzene rings is 1. The summed E-state index contributed by atoms with van der Waals surface area (Å²) in [5, 5.41) is 15.5. The van der Waals surface area contributed by atoms with Gasteiger partial charge in [-0.25, -0.2) is 9.78 Å². The number of carbonyl (C=O) groups excluding carboxylic acids is 4. The minimum atomic E-state index is -1.41. The van der Waals surface area contributed by atoms with Gasteiger partial charge in [-0.15, -0.1) is 0 Å². The predicted molar refractivity (Wildman–Crippen MR) is 142 cm³/mol. The third kappa shape index (κ3) is 6.64. The fraction of sp³-hybridized carbons (Fsp3) is 0.385. The summed E-state index contributed by atoms with van der Waals surface area (Å²) < 4.78 is 0. The van der Waals surface area contributed by atoms with Crippen LogP contribution in [-0.2, 0) is 36.8 Å². The molecule has 3 heterocycles. The second-order valence-electron chi connectivity index (χ2n) is 9.77. The molecule has 1 fully saturated rings. The lowest BCUT2D eigenvalue weighted by atomic mass is 10.0. The normalized spacial score (nSPS) is 17.2. The number of para-hydroxylation sites is 1. The Morgan fingerprint density at radius 2 is 1.82 bits per heavy atom. The van der Waals surface area contributed by atoms with Gasteiger partial charge in [0.05, 0.1) is 18.8 Å². The number of aliphatic carboxylic acids is 1. The van der Waals surface area contributed by atoms with E-state index >= 15 is 0 Å². The molecule has 1 saturated heterocycles. The highest BCUT2D eigenvalue weighted by molar-refractivity contribution is 5.96. The van der Waals surface area contributed by atoms with E-state index in [-0.39, 0.29) is 25.8 Å². The van der Waals surface area contributed by atoms with Crippen LogP contribution >= 0.6 is 0 Å². The molecule has 4 unspecified atom stereocenters. The standard InChI is InChI=1S/C26H32N8O6/c27-17(8-14-11-30-18-5-2-1-4-16(14)18)23(36)32-19(9-15-12-29-13-31-15)24(37)33-20(10-22(28)35)25(38)34-7-3-6-21(34)26(39)40/h1-2,4-5,11-13,17,19-21,30H,3,6-10,27H2,(H2,28,35)(H,29,31)(H,32,36)(H,33,37)(H,39,40). The molecule has 14 nitrogen and oxygen atoms in total. The van der Waals surface area contributed by atoms with Crippen LogP contribution in [0, 0.1) is 0 Å². The van der Waals surface area contributed by atoms with Crippen LogP contribution in [0.3, 0.4) is 0 Å². The number of nitrogens with zero attached hydrogens (tertiary/aromatic N) is 2. The van der Waals surface area contributed by atoms with Crippen molar-refractivity contribution in [2.24, 2.45) is 11.5 Å². The number of likely N-dealkylation sites (tertiary alicyclic amines) is 1.